The summed E-state index contributed by atoms with van der Waals surface area (Å²) in [6, 6.07) is 6.16. The number of nitrogens with zero attached hydrogens (tertiary/aromatic N) is 6. The lowest BCUT2D eigenvalue weighted by atomic mass is 10.1. The third-order valence-corrected chi connectivity index (χ3v) is 5.64. The maximum atomic E-state index is 13.2. The van der Waals surface area contributed by atoms with Gasteiger partial charge in [-0.15, -0.1) is 0 Å². The van der Waals surface area contributed by atoms with Crippen molar-refractivity contribution in [2.45, 2.75) is 18.9 Å². The fourth-order valence-corrected chi connectivity index (χ4v) is 3.88. The molecule has 1 aliphatic heterocycles. The van der Waals surface area contributed by atoms with Crippen LogP contribution in [0.3, 0.4) is 0 Å². The molecule has 3 N–H and O–H groups in total. The molecular weight excluding hydrogens is 452 g/mol. The minimum absolute atomic E-state index is 0.0772. The molecule has 35 heavy (non-hydrogen) atoms. The van der Waals surface area contributed by atoms with Crippen molar-refractivity contribution >= 4 is 40.4 Å². The molecule has 0 unspecified atom stereocenters. The molecule has 182 valence electrons. The summed E-state index contributed by atoms with van der Waals surface area (Å²) in [4.78, 5) is 48.4. The molecule has 3 aromatic rings. The Labute approximate surface area is 201 Å². The van der Waals surface area contributed by atoms with Gasteiger partial charge in [0.15, 0.2) is 11.3 Å². The average Bonchev–Trinajstić information content (AvgIpc) is 3.26. The number of piperidine rings is 1. The van der Waals surface area contributed by atoms with Gasteiger partial charge in [0.25, 0.3) is 5.91 Å². The molecular formula is C23H26N8O4. The number of nitrogen functional groups attached to an aromatic ring is 1. The lowest BCUT2D eigenvalue weighted by Crippen LogP contribution is -2.40. The number of ether oxygens (including phenoxy) is 1. The number of carbonyl (C=O) groups is 3. The second-order valence-corrected chi connectivity index (χ2v) is 8.28. The highest BCUT2D eigenvalue weighted by atomic mass is 16.6. The third kappa shape index (κ3) is 4.90. The molecule has 0 bridgehead atoms. The van der Waals surface area contributed by atoms with Crippen LogP contribution in [-0.4, -0.2) is 74.6 Å². The first-order chi connectivity index (χ1) is 16.8. The number of amides is 3. The zero-order valence-electron chi connectivity index (χ0n) is 19.5. The van der Waals surface area contributed by atoms with E-state index in [4.69, 9.17) is 10.5 Å². The minimum Gasteiger partial charge on any atom is -0.410 e. The summed E-state index contributed by atoms with van der Waals surface area (Å²) in [6.07, 6.45) is 3.63. The van der Waals surface area contributed by atoms with Gasteiger partial charge in [-0.2, -0.15) is 5.10 Å². The Balaban J connectivity index is 1.60. The summed E-state index contributed by atoms with van der Waals surface area (Å²) in [6.45, 7) is 4.61. The monoisotopic (exact) mass is 478 g/mol. The third-order valence-electron chi connectivity index (χ3n) is 5.64. The van der Waals surface area contributed by atoms with Crippen LogP contribution >= 0.6 is 0 Å². The second kappa shape index (κ2) is 9.79. The standard InChI is InChI=1S/C23H26N8O4/c1-4-17(32)30-11-5-6-15(12-30)31-21-18(20(24)25-13-26-21)19(28-31)22(33)27-14-7-9-16(10-8-14)35-23(34)29(2)3/h4,7-10,13,15H,1,5-6,11-12H2,2-3H3,(H,27,33)(H2,24,25,26)/t15-/m1/s1. The van der Waals surface area contributed by atoms with E-state index in [9.17, 15) is 14.4 Å². The van der Waals surface area contributed by atoms with Crippen molar-refractivity contribution in [3.05, 3.63) is 48.9 Å². The number of nitrogens with one attached hydrogen (secondary N) is 1. The Hall–Kier alpha value is -4.48. The normalized spacial score (nSPS) is 15.5. The molecule has 1 fully saturated rings. The lowest BCUT2D eigenvalue weighted by molar-refractivity contribution is -0.127. The number of anilines is 2. The Morgan fingerprint density at radius 3 is 2.66 bits per heavy atom. The maximum absolute atomic E-state index is 13.2. The van der Waals surface area contributed by atoms with Crippen molar-refractivity contribution in [2.24, 2.45) is 0 Å². The fraction of sp³-hybridized carbons (Fsp3) is 0.304. The summed E-state index contributed by atoms with van der Waals surface area (Å²) in [5.74, 6) is -0.182. The molecule has 0 saturated carbocycles. The van der Waals surface area contributed by atoms with E-state index >= 15 is 0 Å². The molecule has 1 aliphatic rings. The highest BCUT2D eigenvalue weighted by molar-refractivity contribution is 6.13. The van der Waals surface area contributed by atoms with Gasteiger partial charge < -0.3 is 25.6 Å². The zero-order valence-corrected chi connectivity index (χ0v) is 19.5. The van der Waals surface area contributed by atoms with E-state index in [1.807, 2.05) is 0 Å². The number of fused-ring (bicyclic) bond motifs is 1. The Bertz CT molecular complexity index is 1280. The van der Waals surface area contributed by atoms with Gasteiger partial charge in [0.1, 0.15) is 17.9 Å². The Kier molecular flexibility index (Phi) is 6.62. The Morgan fingerprint density at radius 2 is 1.97 bits per heavy atom. The molecule has 12 heteroatoms. The minimum atomic E-state index is -0.509. The average molecular weight is 479 g/mol. The van der Waals surface area contributed by atoms with Crippen molar-refractivity contribution in [1.29, 1.82) is 0 Å². The smallest absolute Gasteiger partial charge is 0.410 e. The number of rotatable bonds is 5. The van der Waals surface area contributed by atoms with Crippen molar-refractivity contribution in [3.63, 3.8) is 0 Å². The predicted molar refractivity (Wildman–Crippen MR) is 129 cm³/mol. The van der Waals surface area contributed by atoms with E-state index < -0.39 is 12.0 Å². The van der Waals surface area contributed by atoms with Gasteiger partial charge in [0.2, 0.25) is 5.91 Å². The predicted octanol–water partition coefficient (Wildman–Crippen LogP) is 2.07. The van der Waals surface area contributed by atoms with Gasteiger partial charge in [0.05, 0.1) is 11.4 Å². The van der Waals surface area contributed by atoms with E-state index in [1.54, 1.807) is 47.9 Å². The van der Waals surface area contributed by atoms with Crippen LogP contribution in [0.4, 0.5) is 16.3 Å². The van der Waals surface area contributed by atoms with Crippen LogP contribution < -0.4 is 15.8 Å². The SMILES string of the molecule is C=CC(=O)N1CCC[C@@H](n2nc(C(=O)Nc3ccc(OC(=O)N(C)C)cc3)c3c(N)ncnc32)C1. The topological polar surface area (TPSA) is 149 Å². The molecule has 0 aliphatic carbocycles. The van der Waals surface area contributed by atoms with E-state index in [1.165, 1.54) is 17.3 Å². The first-order valence-corrected chi connectivity index (χ1v) is 11.0. The molecule has 0 spiro atoms. The number of likely N-dealkylation sites (tertiary alicyclic amines) is 1. The van der Waals surface area contributed by atoms with E-state index in [0.29, 0.717) is 35.6 Å². The van der Waals surface area contributed by atoms with Gasteiger partial charge in [-0.3, -0.25) is 9.59 Å². The highest BCUT2D eigenvalue weighted by Crippen LogP contribution is 2.29. The van der Waals surface area contributed by atoms with Gasteiger partial charge >= 0.3 is 6.09 Å². The summed E-state index contributed by atoms with van der Waals surface area (Å²) >= 11 is 0. The van der Waals surface area contributed by atoms with Gasteiger partial charge in [-0.1, -0.05) is 6.58 Å². The molecule has 3 amide bonds. The molecule has 1 saturated heterocycles. The van der Waals surface area contributed by atoms with E-state index in [2.05, 4.69) is 27.0 Å². The molecule has 0 radical (unpaired) electrons. The number of nitrogens with two attached hydrogens (primary N) is 1. The summed E-state index contributed by atoms with van der Waals surface area (Å²) < 4.78 is 6.84. The molecule has 2 aromatic heterocycles. The maximum Gasteiger partial charge on any atom is 0.414 e. The molecule has 3 heterocycles. The second-order valence-electron chi connectivity index (χ2n) is 8.28. The molecule has 1 atom stereocenters. The number of aromatic nitrogens is 4. The quantitative estimate of drug-likeness (QED) is 0.530. The fourth-order valence-electron chi connectivity index (χ4n) is 3.88. The van der Waals surface area contributed by atoms with Crippen molar-refractivity contribution in [3.8, 4) is 5.75 Å². The van der Waals surface area contributed by atoms with Crippen LogP contribution in [0, 0.1) is 0 Å². The number of carbonyl (C=O) groups excluding carboxylic acids is 3. The first-order valence-electron chi connectivity index (χ1n) is 11.0. The van der Waals surface area contributed by atoms with Crippen LogP contribution in [0.5, 0.6) is 5.75 Å². The van der Waals surface area contributed by atoms with Gasteiger partial charge in [-0.25, -0.2) is 19.4 Å². The largest absolute Gasteiger partial charge is 0.414 e. The van der Waals surface area contributed by atoms with Crippen molar-refractivity contribution in [2.75, 3.05) is 38.2 Å². The highest BCUT2D eigenvalue weighted by Gasteiger charge is 2.29. The van der Waals surface area contributed by atoms with Crippen LogP contribution in [-0.2, 0) is 4.79 Å². The van der Waals surface area contributed by atoms with Crippen molar-refractivity contribution in [1.82, 2.24) is 29.5 Å². The molecule has 1 aromatic carbocycles. The van der Waals surface area contributed by atoms with Crippen LogP contribution in [0.15, 0.2) is 43.2 Å². The van der Waals surface area contributed by atoms with Crippen molar-refractivity contribution < 1.29 is 19.1 Å². The molecule has 4 rings (SSSR count). The van der Waals surface area contributed by atoms with E-state index in [-0.39, 0.29) is 23.5 Å². The van der Waals surface area contributed by atoms with Crippen LogP contribution in [0.1, 0.15) is 29.4 Å². The van der Waals surface area contributed by atoms with Gasteiger partial charge in [0, 0.05) is 32.9 Å². The number of benzene rings is 1. The number of hydrogen-bond donors (Lipinski definition) is 2. The van der Waals surface area contributed by atoms with Crippen LogP contribution in [0.25, 0.3) is 11.0 Å². The summed E-state index contributed by atoms with van der Waals surface area (Å²) in [5.41, 5.74) is 7.07. The Morgan fingerprint density at radius 1 is 1.23 bits per heavy atom. The molecule has 12 nitrogen and oxygen atoms in total. The zero-order chi connectivity index (χ0) is 25.1. The van der Waals surface area contributed by atoms with Gasteiger partial charge in [-0.05, 0) is 43.2 Å². The van der Waals surface area contributed by atoms with Crippen LogP contribution in [0.2, 0.25) is 0 Å². The number of hydrogen-bond acceptors (Lipinski definition) is 8. The summed E-state index contributed by atoms with van der Waals surface area (Å²) in [7, 11) is 3.16. The lowest BCUT2D eigenvalue weighted by Gasteiger charge is -2.32. The van der Waals surface area contributed by atoms with E-state index in [0.717, 1.165) is 12.8 Å². The summed E-state index contributed by atoms with van der Waals surface area (Å²) in [5, 5.41) is 7.67. The first kappa shape index (κ1) is 23.7.